The van der Waals surface area contributed by atoms with Crippen LogP contribution in [-0.2, 0) is 13.1 Å². The van der Waals surface area contributed by atoms with E-state index in [1.165, 1.54) is 0 Å². The highest BCUT2D eigenvalue weighted by atomic mass is 16.5. The summed E-state index contributed by atoms with van der Waals surface area (Å²) in [5.74, 6) is 0.456. The average Bonchev–Trinajstić information content (AvgIpc) is 2.85. The van der Waals surface area contributed by atoms with Crippen molar-refractivity contribution >= 4 is 5.91 Å². The summed E-state index contributed by atoms with van der Waals surface area (Å²) in [6.45, 7) is 1.75. The first-order valence-electron chi connectivity index (χ1n) is 6.97. The smallest absolute Gasteiger partial charge is 0.272 e. The van der Waals surface area contributed by atoms with Gasteiger partial charge in [-0.15, -0.1) is 0 Å². The Morgan fingerprint density at radius 3 is 3.05 bits per heavy atom. The van der Waals surface area contributed by atoms with E-state index in [1.807, 2.05) is 6.07 Å². The van der Waals surface area contributed by atoms with Gasteiger partial charge in [-0.25, -0.2) is 0 Å². The minimum absolute atomic E-state index is 0.146. The average molecular weight is 297 g/mol. The highest BCUT2D eigenvalue weighted by Crippen LogP contribution is 2.17. The van der Waals surface area contributed by atoms with Crippen LogP contribution in [0.2, 0.25) is 0 Å². The molecule has 0 saturated carbocycles. The molecule has 0 fully saturated rings. The summed E-state index contributed by atoms with van der Waals surface area (Å²) in [6, 6.07) is 7.09. The molecule has 2 aromatic rings. The molecule has 0 saturated heterocycles. The number of aromatic nitrogens is 3. The number of pyridine rings is 1. The van der Waals surface area contributed by atoms with Gasteiger partial charge in [0, 0.05) is 25.4 Å². The molecule has 2 aromatic heterocycles. The number of methoxy groups -OCH3 is 1. The second-order valence-electron chi connectivity index (χ2n) is 5.02. The monoisotopic (exact) mass is 297 g/mol. The topological polar surface area (TPSA) is 84.0 Å². The molecule has 0 aliphatic carbocycles. The van der Waals surface area contributed by atoms with Crippen LogP contribution in [0.5, 0.6) is 5.75 Å². The first-order valence-corrected chi connectivity index (χ1v) is 6.97. The fourth-order valence-corrected chi connectivity index (χ4v) is 2.51. The molecule has 7 nitrogen and oxygen atoms in total. The molecule has 0 unspecified atom stereocenters. The Balaban J connectivity index is 1.85. The van der Waals surface area contributed by atoms with Gasteiger partial charge in [0.15, 0.2) is 5.69 Å². The quantitative estimate of drug-likeness (QED) is 0.831. The molecule has 3 heterocycles. The molecular weight excluding hydrogens is 282 g/mol. The van der Waals surface area contributed by atoms with Crippen LogP contribution in [0.1, 0.15) is 28.3 Å². The number of ether oxygens (including phenoxy) is 1. The Kier molecular flexibility index (Phi) is 3.74. The summed E-state index contributed by atoms with van der Waals surface area (Å²) in [7, 11) is 1.55. The Hall–Kier alpha value is -2.88. The highest BCUT2D eigenvalue weighted by molar-refractivity contribution is 5.92. The van der Waals surface area contributed by atoms with Crippen LogP contribution in [0, 0.1) is 11.3 Å². The summed E-state index contributed by atoms with van der Waals surface area (Å²) in [4.78, 5) is 18.5. The summed E-state index contributed by atoms with van der Waals surface area (Å²) >= 11 is 0. The lowest BCUT2D eigenvalue weighted by molar-refractivity contribution is 0.0739. The zero-order valence-electron chi connectivity index (χ0n) is 12.2. The molecule has 3 rings (SSSR count). The maximum atomic E-state index is 12.6. The number of fused-ring (bicyclic) bond motifs is 1. The Bertz CT molecular complexity index is 747. The predicted octanol–water partition coefficient (Wildman–Crippen LogP) is 1.20. The minimum atomic E-state index is -0.146. The Morgan fingerprint density at radius 2 is 2.27 bits per heavy atom. The lowest BCUT2D eigenvalue weighted by Crippen LogP contribution is -2.31. The Labute approximate surface area is 127 Å². The van der Waals surface area contributed by atoms with Crippen LogP contribution in [0.15, 0.2) is 24.4 Å². The third-order valence-corrected chi connectivity index (χ3v) is 3.60. The number of carbonyl (C=O) groups is 1. The summed E-state index contributed by atoms with van der Waals surface area (Å²) in [5.41, 5.74) is 1.60. The van der Waals surface area contributed by atoms with Crippen molar-refractivity contribution in [2.75, 3.05) is 13.7 Å². The molecule has 1 aliphatic heterocycles. The van der Waals surface area contributed by atoms with Crippen molar-refractivity contribution in [2.45, 2.75) is 19.5 Å². The van der Waals surface area contributed by atoms with Crippen molar-refractivity contribution in [2.24, 2.45) is 0 Å². The third kappa shape index (κ3) is 2.63. The van der Waals surface area contributed by atoms with Crippen LogP contribution in [0.3, 0.4) is 0 Å². The van der Waals surface area contributed by atoms with Crippen LogP contribution < -0.4 is 4.74 Å². The van der Waals surface area contributed by atoms with Crippen molar-refractivity contribution in [3.05, 3.63) is 41.5 Å². The van der Waals surface area contributed by atoms with E-state index in [1.54, 1.807) is 41.1 Å². The third-order valence-electron chi connectivity index (χ3n) is 3.60. The number of nitriles is 1. The first kappa shape index (κ1) is 14.1. The normalized spacial score (nSPS) is 13.9. The number of hydrogen-bond acceptors (Lipinski definition) is 5. The maximum Gasteiger partial charge on any atom is 0.272 e. The molecule has 0 radical (unpaired) electrons. The Morgan fingerprint density at radius 1 is 1.41 bits per heavy atom. The van der Waals surface area contributed by atoms with E-state index in [2.05, 4.69) is 10.1 Å². The summed E-state index contributed by atoms with van der Waals surface area (Å²) in [6.07, 6.45) is 2.34. The lowest BCUT2D eigenvalue weighted by atomic mass is 10.2. The van der Waals surface area contributed by atoms with Crippen LogP contribution in [0.25, 0.3) is 0 Å². The van der Waals surface area contributed by atoms with Gasteiger partial charge in [0.2, 0.25) is 0 Å². The molecule has 1 aliphatic rings. The zero-order valence-corrected chi connectivity index (χ0v) is 12.2. The standard InChI is InChI=1S/C15H15N5O2/c1-22-13-3-4-17-14(8-13)15(21)19-5-2-6-20-12(10-19)7-11(9-16)18-20/h3-4,7-8H,2,5-6,10H2,1H3. The van der Waals surface area contributed by atoms with Gasteiger partial charge in [0.25, 0.3) is 5.91 Å². The van der Waals surface area contributed by atoms with Crippen molar-refractivity contribution < 1.29 is 9.53 Å². The predicted molar refractivity (Wildman–Crippen MR) is 77.1 cm³/mol. The molecule has 22 heavy (non-hydrogen) atoms. The van der Waals surface area contributed by atoms with E-state index >= 15 is 0 Å². The number of aryl methyl sites for hydroxylation is 1. The van der Waals surface area contributed by atoms with Crippen molar-refractivity contribution in [3.63, 3.8) is 0 Å². The van der Waals surface area contributed by atoms with Gasteiger partial charge in [-0.1, -0.05) is 0 Å². The van der Waals surface area contributed by atoms with Crippen LogP contribution in [-0.4, -0.2) is 39.2 Å². The largest absolute Gasteiger partial charge is 0.497 e. The minimum Gasteiger partial charge on any atom is -0.497 e. The van der Waals surface area contributed by atoms with Gasteiger partial charge in [0.05, 0.1) is 19.3 Å². The van der Waals surface area contributed by atoms with Gasteiger partial charge >= 0.3 is 0 Å². The van der Waals surface area contributed by atoms with E-state index in [9.17, 15) is 4.79 Å². The van der Waals surface area contributed by atoms with Gasteiger partial charge < -0.3 is 9.64 Å². The van der Waals surface area contributed by atoms with E-state index in [0.29, 0.717) is 36.8 Å². The number of carbonyl (C=O) groups excluding carboxylic acids is 1. The molecule has 0 N–H and O–H groups in total. The first-order chi connectivity index (χ1) is 10.7. The molecule has 0 atom stereocenters. The van der Waals surface area contributed by atoms with E-state index in [0.717, 1.165) is 12.1 Å². The molecule has 7 heteroatoms. The van der Waals surface area contributed by atoms with Crippen molar-refractivity contribution in [1.29, 1.82) is 5.26 Å². The molecule has 1 amide bonds. The highest BCUT2D eigenvalue weighted by Gasteiger charge is 2.22. The van der Waals surface area contributed by atoms with Crippen molar-refractivity contribution in [1.82, 2.24) is 19.7 Å². The van der Waals surface area contributed by atoms with Gasteiger partial charge in [-0.05, 0) is 18.6 Å². The maximum absolute atomic E-state index is 12.6. The molecule has 0 bridgehead atoms. The fraction of sp³-hybridized carbons (Fsp3) is 0.333. The van der Waals surface area contributed by atoms with Gasteiger partial charge in [-0.2, -0.15) is 10.4 Å². The lowest BCUT2D eigenvalue weighted by Gasteiger charge is -2.19. The number of hydrogen-bond donors (Lipinski definition) is 0. The summed E-state index contributed by atoms with van der Waals surface area (Å²) < 4.78 is 6.93. The number of nitrogens with zero attached hydrogens (tertiary/aromatic N) is 5. The SMILES string of the molecule is COc1ccnc(C(=O)N2CCCn3nc(C#N)cc3C2)c1. The summed E-state index contributed by atoms with van der Waals surface area (Å²) in [5, 5.41) is 13.1. The molecular formula is C15H15N5O2. The fourth-order valence-electron chi connectivity index (χ4n) is 2.51. The molecule has 0 aromatic carbocycles. The van der Waals surface area contributed by atoms with E-state index in [4.69, 9.17) is 10.00 Å². The van der Waals surface area contributed by atoms with Crippen LogP contribution >= 0.6 is 0 Å². The van der Waals surface area contributed by atoms with E-state index in [-0.39, 0.29) is 5.91 Å². The number of amides is 1. The van der Waals surface area contributed by atoms with Crippen LogP contribution in [0.4, 0.5) is 0 Å². The molecule has 112 valence electrons. The number of rotatable bonds is 2. The van der Waals surface area contributed by atoms with Gasteiger partial charge in [-0.3, -0.25) is 14.5 Å². The van der Waals surface area contributed by atoms with Gasteiger partial charge in [0.1, 0.15) is 17.5 Å². The zero-order chi connectivity index (χ0) is 15.5. The second-order valence-corrected chi connectivity index (χ2v) is 5.02. The van der Waals surface area contributed by atoms with E-state index < -0.39 is 0 Å². The second kappa shape index (κ2) is 5.85. The molecule has 0 spiro atoms. The van der Waals surface area contributed by atoms with Crippen molar-refractivity contribution in [3.8, 4) is 11.8 Å².